The molecule has 0 aliphatic rings. The fourth-order valence-corrected chi connectivity index (χ4v) is 2.57. The molecule has 3 aromatic rings. The fourth-order valence-electron chi connectivity index (χ4n) is 2.57. The van der Waals surface area contributed by atoms with E-state index in [1.807, 2.05) is 62.5 Å². The molecule has 0 unspecified atom stereocenters. The van der Waals surface area contributed by atoms with Gasteiger partial charge in [-0.1, -0.05) is 24.3 Å². The van der Waals surface area contributed by atoms with Crippen LogP contribution < -0.4 is 0 Å². The first-order chi connectivity index (χ1) is 11.1. The molecule has 0 aliphatic heterocycles. The van der Waals surface area contributed by atoms with E-state index in [1.165, 1.54) is 0 Å². The zero-order chi connectivity index (χ0) is 16.2. The van der Waals surface area contributed by atoms with Gasteiger partial charge in [-0.05, 0) is 37.6 Å². The first kappa shape index (κ1) is 15.3. The highest BCUT2D eigenvalue weighted by atomic mass is 16.3. The van der Waals surface area contributed by atoms with E-state index in [4.69, 9.17) is 4.42 Å². The van der Waals surface area contributed by atoms with Crippen LogP contribution in [-0.4, -0.2) is 22.8 Å². The molecule has 0 spiro atoms. The minimum absolute atomic E-state index is 0.0867. The molecule has 0 radical (unpaired) electrons. The highest BCUT2D eigenvalue weighted by Crippen LogP contribution is 2.27. The van der Waals surface area contributed by atoms with E-state index in [0.29, 0.717) is 12.8 Å². The van der Waals surface area contributed by atoms with Crippen LogP contribution in [0.2, 0.25) is 0 Å². The number of benzene rings is 1. The van der Waals surface area contributed by atoms with E-state index in [0.717, 1.165) is 22.4 Å². The first-order valence-electron chi connectivity index (χ1n) is 7.79. The number of furan rings is 1. The molecule has 0 aliphatic carbocycles. The molecule has 4 nitrogen and oxygen atoms in total. The second-order valence-electron chi connectivity index (χ2n) is 5.69. The highest BCUT2D eigenvalue weighted by Gasteiger charge is 2.20. The molecule has 118 valence electrons. The summed E-state index contributed by atoms with van der Waals surface area (Å²) in [5.74, 6) is 0.892. The quantitative estimate of drug-likeness (QED) is 0.716. The number of carbonyl (C=O) groups is 1. The number of hydrogen-bond donors (Lipinski definition) is 0. The van der Waals surface area contributed by atoms with Crippen LogP contribution in [0.15, 0.2) is 59.1 Å². The summed E-state index contributed by atoms with van der Waals surface area (Å²) >= 11 is 0. The van der Waals surface area contributed by atoms with Crippen LogP contribution in [-0.2, 0) is 11.2 Å². The maximum absolute atomic E-state index is 12.4. The molecule has 2 aromatic heterocycles. The van der Waals surface area contributed by atoms with Gasteiger partial charge in [-0.2, -0.15) is 0 Å². The van der Waals surface area contributed by atoms with Gasteiger partial charge in [0.1, 0.15) is 11.3 Å². The minimum atomic E-state index is -0.0985. The molecule has 0 bridgehead atoms. The van der Waals surface area contributed by atoms with Crippen molar-refractivity contribution in [2.75, 3.05) is 7.05 Å². The van der Waals surface area contributed by atoms with Gasteiger partial charge in [-0.25, -0.2) is 0 Å². The summed E-state index contributed by atoms with van der Waals surface area (Å²) in [6, 6.07) is 15.5. The maximum Gasteiger partial charge on any atom is 0.223 e. The summed E-state index contributed by atoms with van der Waals surface area (Å²) in [5.41, 5.74) is 1.79. The normalized spacial score (nSPS) is 12.3. The molecule has 3 rings (SSSR count). The molecule has 1 aromatic carbocycles. The van der Waals surface area contributed by atoms with Gasteiger partial charge >= 0.3 is 0 Å². The average molecular weight is 308 g/mol. The lowest BCUT2D eigenvalue weighted by atomic mass is 10.1. The van der Waals surface area contributed by atoms with E-state index < -0.39 is 0 Å². The van der Waals surface area contributed by atoms with Gasteiger partial charge in [0, 0.05) is 30.7 Å². The first-order valence-corrected chi connectivity index (χ1v) is 7.79. The zero-order valence-corrected chi connectivity index (χ0v) is 13.4. The smallest absolute Gasteiger partial charge is 0.223 e. The third-order valence-corrected chi connectivity index (χ3v) is 4.15. The fraction of sp³-hybridized carbons (Fsp3) is 0.263. The topological polar surface area (TPSA) is 46.3 Å². The third kappa shape index (κ3) is 3.42. The Balaban J connectivity index is 1.66. The molecule has 1 amide bonds. The van der Waals surface area contributed by atoms with Gasteiger partial charge < -0.3 is 9.32 Å². The molecule has 4 heteroatoms. The van der Waals surface area contributed by atoms with Gasteiger partial charge in [-0.3, -0.25) is 9.78 Å². The van der Waals surface area contributed by atoms with E-state index >= 15 is 0 Å². The molecule has 0 saturated heterocycles. The zero-order valence-electron chi connectivity index (χ0n) is 13.4. The van der Waals surface area contributed by atoms with Crippen molar-refractivity contribution >= 4 is 16.9 Å². The number of amides is 1. The summed E-state index contributed by atoms with van der Waals surface area (Å²) in [6.07, 6.45) is 2.84. The van der Waals surface area contributed by atoms with Crippen molar-refractivity contribution in [3.05, 3.63) is 66.2 Å². The Hall–Kier alpha value is -2.62. The van der Waals surface area contributed by atoms with E-state index in [-0.39, 0.29) is 11.9 Å². The number of rotatable bonds is 5. The summed E-state index contributed by atoms with van der Waals surface area (Å²) in [5, 5.41) is 1.06. The lowest BCUT2D eigenvalue weighted by Crippen LogP contribution is -2.29. The summed E-state index contributed by atoms with van der Waals surface area (Å²) in [4.78, 5) is 18.4. The molecule has 23 heavy (non-hydrogen) atoms. The predicted octanol–water partition coefficient (Wildman–Crippen LogP) is 3.98. The highest BCUT2D eigenvalue weighted by molar-refractivity contribution is 5.79. The Kier molecular flexibility index (Phi) is 4.42. The Labute approximate surface area is 135 Å². The molecule has 1 atom stereocenters. The van der Waals surface area contributed by atoms with E-state index in [2.05, 4.69) is 4.98 Å². The van der Waals surface area contributed by atoms with Gasteiger partial charge in [0.25, 0.3) is 0 Å². The molecule has 0 saturated carbocycles. The molecular formula is C19H20N2O2. The second kappa shape index (κ2) is 6.65. The van der Waals surface area contributed by atoms with E-state index in [9.17, 15) is 4.79 Å². The second-order valence-corrected chi connectivity index (χ2v) is 5.69. The number of carbonyl (C=O) groups excluding carboxylic acids is 1. The monoisotopic (exact) mass is 308 g/mol. The number of fused-ring (bicyclic) bond motifs is 1. The van der Waals surface area contributed by atoms with Crippen LogP contribution >= 0.6 is 0 Å². The Bertz CT molecular complexity index is 762. The SMILES string of the molecule is C[C@H](c1cc2ccccc2o1)N(C)C(=O)CCc1ccccn1. The van der Waals surface area contributed by atoms with Crippen molar-refractivity contribution < 1.29 is 9.21 Å². The Morgan fingerprint density at radius 2 is 2.00 bits per heavy atom. The van der Waals surface area contributed by atoms with Crippen molar-refractivity contribution in [2.45, 2.75) is 25.8 Å². The standard InChI is InChI=1S/C19H20N2O2/c1-14(18-13-15-7-3-4-9-17(15)23-18)21(2)19(22)11-10-16-8-5-6-12-20-16/h3-9,12-14H,10-11H2,1-2H3/t14-/m1/s1. The van der Waals surface area contributed by atoms with E-state index in [1.54, 1.807) is 11.1 Å². The Morgan fingerprint density at radius 3 is 2.74 bits per heavy atom. The van der Waals surface area contributed by atoms with Crippen LogP contribution in [0.1, 0.15) is 30.8 Å². The Morgan fingerprint density at radius 1 is 1.22 bits per heavy atom. The summed E-state index contributed by atoms with van der Waals surface area (Å²) in [6.45, 7) is 1.98. The number of aryl methyl sites for hydroxylation is 1. The number of para-hydroxylation sites is 1. The lowest BCUT2D eigenvalue weighted by molar-refractivity contribution is -0.132. The minimum Gasteiger partial charge on any atom is -0.459 e. The van der Waals surface area contributed by atoms with Gasteiger partial charge in [-0.15, -0.1) is 0 Å². The van der Waals surface area contributed by atoms with Crippen LogP contribution in [0.25, 0.3) is 11.0 Å². The van der Waals surface area contributed by atoms with Crippen LogP contribution in [0, 0.1) is 0 Å². The number of nitrogens with zero attached hydrogens (tertiary/aromatic N) is 2. The van der Waals surface area contributed by atoms with Gasteiger partial charge in [0.05, 0.1) is 6.04 Å². The van der Waals surface area contributed by atoms with Crippen molar-refractivity contribution in [2.24, 2.45) is 0 Å². The average Bonchev–Trinajstić information content (AvgIpc) is 3.03. The van der Waals surface area contributed by atoms with Crippen molar-refractivity contribution in [3.63, 3.8) is 0 Å². The summed E-state index contributed by atoms with van der Waals surface area (Å²) in [7, 11) is 1.82. The van der Waals surface area contributed by atoms with Gasteiger partial charge in [0.2, 0.25) is 5.91 Å². The van der Waals surface area contributed by atoms with Crippen molar-refractivity contribution in [3.8, 4) is 0 Å². The van der Waals surface area contributed by atoms with Crippen LogP contribution in [0.3, 0.4) is 0 Å². The lowest BCUT2D eigenvalue weighted by Gasteiger charge is -2.23. The molecule has 0 fully saturated rings. The van der Waals surface area contributed by atoms with Crippen LogP contribution in [0.5, 0.6) is 0 Å². The largest absolute Gasteiger partial charge is 0.459 e. The number of pyridine rings is 1. The maximum atomic E-state index is 12.4. The van der Waals surface area contributed by atoms with Crippen molar-refractivity contribution in [1.29, 1.82) is 0 Å². The molecule has 0 N–H and O–H groups in total. The number of hydrogen-bond acceptors (Lipinski definition) is 3. The molecular weight excluding hydrogens is 288 g/mol. The van der Waals surface area contributed by atoms with Crippen molar-refractivity contribution in [1.82, 2.24) is 9.88 Å². The van der Waals surface area contributed by atoms with Crippen LogP contribution in [0.4, 0.5) is 0 Å². The third-order valence-electron chi connectivity index (χ3n) is 4.15. The molecule has 2 heterocycles. The summed E-state index contributed by atoms with van der Waals surface area (Å²) < 4.78 is 5.86. The predicted molar refractivity (Wildman–Crippen MR) is 90.0 cm³/mol. The number of aromatic nitrogens is 1. The van der Waals surface area contributed by atoms with Gasteiger partial charge in [0.15, 0.2) is 0 Å².